The monoisotopic (exact) mass is 648 g/mol. The van der Waals surface area contributed by atoms with Crippen LogP contribution in [-0.4, -0.2) is 44.8 Å². The molecule has 0 aliphatic rings. The van der Waals surface area contributed by atoms with Crippen LogP contribution < -0.4 is 4.74 Å². The molecule has 242 valence electrons. The van der Waals surface area contributed by atoms with Gasteiger partial charge < -0.3 is 14.9 Å². The van der Waals surface area contributed by atoms with E-state index in [2.05, 4.69) is 9.97 Å². The Labute approximate surface area is 274 Å². The van der Waals surface area contributed by atoms with Crippen LogP contribution in [0.4, 0.5) is 8.78 Å². The number of aromatic nitrogens is 2. The number of carboxylic acid groups (broad SMARTS) is 1. The van der Waals surface area contributed by atoms with Gasteiger partial charge in [-0.25, -0.2) is 13.6 Å². The summed E-state index contributed by atoms with van der Waals surface area (Å²) in [6.45, 7) is 2.75. The number of aromatic carboxylic acids is 1. The largest absolute Gasteiger partial charge is 0.505 e. The number of benzene rings is 4. The molecule has 48 heavy (non-hydrogen) atoms. The number of carbonyl (C=O) groups excluding carboxylic acids is 2. The van der Waals surface area contributed by atoms with Crippen molar-refractivity contribution in [2.45, 2.75) is 26.7 Å². The van der Waals surface area contributed by atoms with Crippen LogP contribution in [0.5, 0.6) is 11.5 Å². The SMILES string of the molecule is CC(=O)c1ccc2cc(Cc3ccc(F)cc3)cnc2c1O.COc1c(C(C)=O)cc(C(=O)O)c2cc(Cc3ccc(F)cc3)cnc12. The quantitative estimate of drug-likeness (QED) is 0.161. The molecule has 0 fully saturated rings. The van der Waals surface area contributed by atoms with Crippen LogP contribution in [0.15, 0.2) is 91.3 Å². The maximum Gasteiger partial charge on any atom is 0.336 e. The number of rotatable bonds is 8. The highest BCUT2D eigenvalue weighted by molar-refractivity contribution is 6.10. The number of hydrogen-bond acceptors (Lipinski definition) is 7. The molecule has 8 nitrogen and oxygen atoms in total. The molecule has 0 radical (unpaired) electrons. The molecule has 4 aromatic carbocycles. The number of ether oxygens (including phenoxy) is 1. The Kier molecular flexibility index (Phi) is 9.84. The zero-order valence-electron chi connectivity index (χ0n) is 26.3. The highest BCUT2D eigenvalue weighted by atomic mass is 19.1. The normalized spacial score (nSPS) is 10.8. The van der Waals surface area contributed by atoms with Crippen molar-refractivity contribution in [3.8, 4) is 11.5 Å². The lowest BCUT2D eigenvalue weighted by molar-refractivity contribution is 0.0698. The van der Waals surface area contributed by atoms with Crippen LogP contribution in [-0.2, 0) is 12.8 Å². The van der Waals surface area contributed by atoms with Crippen LogP contribution in [0.3, 0.4) is 0 Å². The van der Waals surface area contributed by atoms with Crippen LogP contribution >= 0.6 is 0 Å². The second-order valence-electron chi connectivity index (χ2n) is 11.1. The summed E-state index contributed by atoms with van der Waals surface area (Å²) in [6, 6.07) is 20.7. The topological polar surface area (TPSA) is 127 Å². The number of methoxy groups -OCH3 is 1. The molecule has 2 aromatic heterocycles. The number of fused-ring (bicyclic) bond motifs is 2. The summed E-state index contributed by atoms with van der Waals surface area (Å²) >= 11 is 0. The lowest BCUT2D eigenvalue weighted by Gasteiger charge is -2.13. The van der Waals surface area contributed by atoms with E-state index in [1.165, 1.54) is 51.3 Å². The number of Topliss-reactive ketones (excluding diaryl/α,β-unsaturated/α-hetero) is 2. The molecule has 10 heteroatoms. The van der Waals surface area contributed by atoms with Gasteiger partial charge in [0.1, 0.15) is 22.7 Å². The molecule has 0 bridgehead atoms. The van der Waals surface area contributed by atoms with Gasteiger partial charge in [0.25, 0.3) is 0 Å². The van der Waals surface area contributed by atoms with Crippen molar-refractivity contribution >= 4 is 39.3 Å². The minimum Gasteiger partial charge on any atom is -0.505 e. The predicted molar refractivity (Wildman–Crippen MR) is 177 cm³/mol. The summed E-state index contributed by atoms with van der Waals surface area (Å²) in [5, 5.41) is 20.8. The van der Waals surface area contributed by atoms with E-state index >= 15 is 0 Å². The molecule has 6 rings (SSSR count). The van der Waals surface area contributed by atoms with Gasteiger partial charge in [0, 0.05) is 23.2 Å². The number of ketones is 2. The zero-order valence-corrected chi connectivity index (χ0v) is 26.3. The number of aromatic hydroxyl groups is 1. The molecule has 0 aliphatic carbocycles. The summed E-state index contributed by atoms with van der Waals surface area (Å²) in [5.74, 6) is -2.06. The van der Waals surface area contributed by atoms with Crippen LogP contribution in [0, 0.1) is 11.6 Å². The second-order valence-corrected chi connectivity index (χ2v) is 11.1. The number of phenols is 1. The van der Waals surface area contributed by atoms with Gasteiger partial charge in [-0.1, -0.05) is 30.3 Å². The van der Waals surface area contributed by atoms with Gasteiger partial charge in [0.05, 0.1) is 23.8 Å². The number of nitrogens with zero attached hydrogens (tertiary/aromatic N) is 2. The van der Waals surface area contributed by atoms with Gasteiger partial charge in [-0.05, 0) is 97.5 Å². The van der Waals surface area contributed by atoms with Crippen molar-refractivity contribution in [1.29, 1.82) is 0 Å². The lowest BCUT2D eigenvalue weighted by Crippen LogP contribution is -2.06. The Morgan fingerprint density at radius 2 is 1.19 bits per heavy atom. The molecule has 2 heterocycles. The number of halogens is 2. The van der Waals surface area contributed by atoms with Crippen molar-refractivity contribution in [3.05, 3.63) is 142 Å². The van der Waals surface area contributed by atoms with Gasteiger partial charge in [0.2, 0.25) is 0 Å². The Morgan fingerprint density at radius 1 is 0.667 bits per heavy atom. The van der Waals surface area contributed by atoms with E-state index in [0.29, 0.717) is 29.3 Å². The standard InChI is InChI=1S/C20H16FNO4.C18H14FNO2/c1-11(23)15-9-17(20(24)25)16-8-13(10-22-18(16)19(15)26-2)7-12-3-5-14(21)6-4-12;1-11(21)16-7-4-14-9-13(10-20-17(14)18(16)22)8-12-2-5-15(19)6-3-12/h3-6,8-10H,7H2,1-2H3,(H,24,25);2-7,9-10,22H,8H2,1H3. The van der Waals surface area contributed by atoms with Crippen LogP contribution in [0.1, 0.15) is 67.2 Å². The minimum atomic E-state index is -1.15. The van der Waals surface area contributed by atoms with Gasteiger partial charge in [-0.3, -0.25) is 19.6 Å². The smallest absolute Gasteiger partial charge is 0.336 e. The fourth-order valence-corrected chi connectivity index (χ4v) is 5.34. The Hall–Kier alpha value is -6.03. The van der Waals surface area contributed by atoms with Crippen LogP contribution in [0.2, 0.25) is 0 Å². The Bertz CT molecular complexity index is 2180. The van der Waals surface area contributed by atoms with E-state index in [0.717, 1.165) is 27.6 Å². The van der Waals surface area contributed by atoms with Crippen molar-refractivity contribution in [2.24, 2.45) is 0 Å². The average molecular weight is 649 g/mol. The predicted octanol–water partition coefficient (Wildman–Crippen LogP) is 7.75. The first-order valence-electron chi connectivity index (χ1n) is 14.8. The summed E-state index contributed by atoms with van der Waals surface area (Å²) in [6.07, 6.45) is 4.36. The molecule has 0 amide bonds. The molecule has 0 aliphatic heterocycles. The van der Waals surface area contributed by atoms with E-state index in [1.54, 1.807) is 54.9 Å². The third-order valence-corrected chi connectivity index (χ3v) is 7.70. The minimum absolute atomic E-state index is 0.0144. The molecule has 0 spiro atoms. The molecule has 2 N–H and O–H groups in total. The van der Waals surface area contributed by atoms with E-state index < -0.39 is 5.97 Å². The third kappa shape index (κ3) is 7.33. The van der Waals surface area contributed by atoms with E-state index in [1.807, 2.05) is 6.07 Å². The maximum absolute atomic E-state index is 13.0. The number of carbonyl (C=O) groups is 3. The van der Waals surface area contributed by atoms with Gasteiger partial charge in [0.15, 0.2) is 23.1 Å². The van der Waals surface area contributed by atoms with E-state index in [-0.39, 0.29) is 51.4 Å². The molecule has 0 saturated carbocycles. The van der Waals surface area contributed by atoms with Gasteiger partial charge in [-0.15, -0.1) is 0 Å². The first-order chi connectivity index (χ1) is 22.9. The summed E-state index contributed by atoms with van der Waals surface area (Å²) in [5.41, 5.74) is 4.74. The molecule has 0 unspecified atom stereocenters. The van der Waals surface area contributed by atoms with Gasteiger partial charge in [-0.2, -0.15) is 0 Å². The lowest BCUT2D eigenvalue weighted by atomic mass is 9.98. The van der Waals surface area contributed by atoms with Crippen molar-refractivity contribution in [3.63, 3.8) is 0 Å². The van der Waals surface area contributed by atoms with Crippen molar-refractivity contribution < 1.29 is 38.1 Å². The van der Waals surface area contributed by atoms with Crippen molar-refractivity contribution in [1.82, 2.24) is 9.97 Å². The second kappa shape index (κ2) is 14.2. The highest BCUT2D eigenvalue weighted by Crippen LogP contribution is 2.33. The number of phenolic OH excluding ortho intramolecular Hbond substituents is 1. The first kappa shape index (κ1) is 33.3. The molecule has 0 saturated heterocycles. The fourth-order valence-electron chi connectivity index (χ4n) is 5.34. The van der Waals surface area contributed by atoms with Gasteiger partial charge >= 0.3 is 5.97 Å². The molecule has 6 aromatic rings. The summed E-state index contributed by atoms with van der Waals surface area (Å²) in [7, 11) is 1.41. The Balaban J connectivity index is 0.000000190. The number of carboxylic acids is 1. The van der Waals surface area contributed by atoms with Crippen molar-refractivity contribution in [2.75, 3.05) is 7.11 Å². The first-order valence-corrected chi connectivity index (χ1v) is 14.8. The number of hydrogen-bond donors (Lipinski definition) is 2. The molecular formula is C38H30F2N2O6. The third-order valence-electron chi connectivity index (χ3n) is 7.70. The molecular weight excluding hydrogens is 618 g/mol. The highest BCUT2D eigenvalue weighted by Gasteiger charge is 2.21. The summed E-state index contributed by atoms with van der Waals surface area (Å²) < 4.78 is 31.3. The Morgan fingerprint density at radius 3 is 1.69 bits per heavy atom. The maximum atomic E-state index is 13.0. The number of pyridine rings is 2. The van der Waals surface area contributed by atoms with Crippen LogP contribution in [0.25, 0.3) is 21.8 Å². The average Bonchev–Trinajstić information content (AvgIpc) is 3.06. The molecule has 0 atom stereocenters. The fraction of sp³-hybridized carbons (Fsp3) is 0.132. The van der Waals surface area contributed by atoms with E-state index in [9.17, 15) is 33.4 Å². The summed E-state index contributed by atoms with van der Waals surface area (Å²) in [4.78, 5) is 43.5. The van der Waals surface area contributed by atoms with E-state index in [4.69, 9.17) is 4.74 Å². The zero-order chi connectivity index (χ0) is 34.5.